The van der Waals surface area contributed by atoms with Crippen LogP contribution < -0.4 is 0 Å². The van der Waals surface area contributed by atoms with Crippen molar-refractivity contribution < 1.29 is 8.78 Å². The van der Waals surface area contributed by atoms with E-state index >= 15 is 0 Å². The maximum atomic E-state index is 13.4. The predicted octanol–water partition coefficient (Wildman–Crippen LogP) is 4.96. The highest BCUT2D eigenvalue weighted by atomic mass is 32.2. The Hall–Kier alpha value is -1.96. The quantitative estimate of drug-likeness (QED) is 0.591. The third-order valence-corrected chi connectivity index (χ3v) is 5.81. The Kier molecular flexibility index (Phi) is 5.19. The second-order valence-corrected chi connectivity index (χ2v) is 7.65. The van der Waals surface area contributed by atoms with Crippen molar-refractivity contribution in [2.75, 3.05) is 0 Å². The molecular formula is C18H21F2N5S. The number of fused-ring (bicyclic) bond motifs is 1. The predicted molar refractivity (Wildman–Crippen MR) is 97.2 cm³/mol. The molecule has 0 saturated heterocycles. The lowest BCUT2D eigenvalue weighted by molar-refractivity contribution is 0.0722. The smallest absolute Gasteiger partial charge is 0.269 e. The lowest BCUT2D eigenvalue weighted by atomic mass is 10.0. The van der Waals surface area contributed by atoms with Crippen molar-refractivity contribution in [3.05, 3.63) is 35.9 Å². The van der Waals surface area contributed by atoms with Crippen LogP contribution in [0.15, 0.2) is 29.4 Å². The third-order valence-electron chi connectivity index (χ3n) is 4.97. The summed E-state index contributed by atoms with van der Waals surface area (Å²) in [6.45, 7) is -2.62. The topological polar surface area (TPSA) is 59.4 Å². The summed E-state index contributed by atoms with van der Waals surface area (Å²) in [5.41, 5.74) is 1.03. The Bertz CT molecular complexity index is 869. The molecule has 26 heavy (non-hydrogen) atoms. The molecule has 1 aliphatic rings. The number of para-hydroxylation sites is 2. The minimum absolute atomic E-state index is 0.305. The minimum atomic E-state index is -2.62. The van der Waals surface area contributed by atoms with Crippen molar-refractivity contribution in [3.8, 4) is 0 Å². The maximum absolute atomic E-state index is 13.4. The summed E-state index contributed by atoms with van der Waals surface area (Å²) in [6.07, 6.45) is 7.36. The first-order valence-corrected chi connectivity index (χ1v) is 9.97. The van der Waals surface area contributed by atoms with Crippen LogP contribution in [0.25, 0.3) is 11.0 Å². The van der Waals surface area contributed by atoms with Crippen molar-refractivity contribution in [1.82, 2.24) is 24.7 Å². The number of aryl methyl sites for hydroxylation is 1. The number of benzene rings is 1. The van der Waals surface area contributed by atoms with E-state index in [1.807, 2.05) is 0 Å². The maximum Gasteiger partial charge on any atom is 0.320 e. The number of hydrogen-bond acceptors (Lipinski definition) is 4. The van der Waals surface area contributed by atoms with Crippen LogP contribution in [0, 0.1) is 5.92 Å². The van der Waals surface area contributed by atoms with Crippen molar-refractivity contribution in [1.29, 1.82) is 0 Å². The van der Waals surface area contributed by atoms with Crippen molar-refractivity contribution in [3.63, 3.8) is 0 Å². The number of nitrogens with zero attached hydrogens (tertiary/aromatic N) is 4. The van der Waals surface area contributed by atoms with Gasteiger partial charge in [-0.1, -0.05) is 49.6 Å². The SMILES string of the molecule is FC(F)n1c(CSc2n[nH]c(CCC3CCCC3)n2)nc2ccccc21. The fourth-order valence-electron chi connectivity index (χ4n) is 3.64. The Labute approximate surface area is 154 Å². The van der Waals surface area contributed by atoms with Gasteiger partial charge in [-0.15, -0.1) is 5.10 Å². The molecule has 138 valence electrons. The molecule has 0 radical (unpaired) electrons. The molecule has 1 aromatic carbocycles. The van der Waals surface area contributed by atoms with Crippen LogP contribution in [0.5, 0.6) is 0 Å². The summed E-state index contributed by atoms with van der Waals surface area (Å²) in [6, 6.07) is 6.95. The number of H-pyrrole nitrogens is 1. The summed E-state index contributed by atoms with van der Waals surface area (Å²) in [5.74, 6) is 2.33. The summed E-state index contributed by atoms with van der Waals surface area (Å²) in [4.78, 5) is 8.83. The van der Waals surface area contributed by atoms with E-state index in [-0.39, 0.29) is 0 Å². The molecule has 5 nitrogen and oxygen atoms in total. The molecule has 0 unspecified atom stereocenters. The number of rotatable bonds is 7. The largest absolute Gasteiger partial charge is 0.320 e. The Balaban J connectivity index is 1.41. The number of nitrogens with one attached hydrogen (secondary N) is 1. The van der Waals surface area contributed by atoms with Gasteiger partial charge in [-0.3, -0.25) is 9.67 Å². The molecule has 0 amide bonds. The Morgan fingerprint density at radius 2 is 2.00 bits per heavy atom. The molecule has 1 N–H and O–H groups in total. The number of thioether (sulfide) groups is 1. The lowest BCUT2D eigenvalue weighted by Crippen LogP contribution is -2.03. The first kappa shape index (κ1) is 17.5. The average Bonchev–Trinajstić information content (AvgIpc) is 3.36. The van der Waals surface area contributed by atoms with E-state index in [2.05, 4.69) is 20.2 Å². The molecule has 8 heteroatoms. The second-order valence-electron chi connectivity index (χ2n) is 6.71. The molecule has 0 bridgehead atoms. The van der Waals surface area contributed by atoms with Crippen molar-refractivity contribution in [2.24, 2.45) is 5.92 Å². The number of halogens is 2. The molecule has 0 atom stereocenters. The van der Waals surface area contributed by atoms with Crippen LogP contribution in [-0.4, -0.2) is 24.7 Å². The van der Waals surface area contributed by atoms with Gasteiger partial charge in [-0.2, -0.15) is 8.78 Å². The highest BCUT2D eigenvalue weighted by Crippen LogP contribution is 2.29. The molecule has 1 fully saturated rings. The number of aromatic nitrogens is 5. The molecule has 2 heterocycles. The van der Waals surface area contributed by atoms with E-state index in [1.165, 1.54) is 37.4 Å². The van der Waals surface area contributed by atoms with Gasteiger partial charge >= 0.3 is 6.55 Å². The van der Waals surface area contributed by atoms with Gasteiger partial charge in [-0.05, 0) is 24.5 Å². The van der Waals surface area contributed by atoms with Gasteiger partial charge in [0.25, 0.3) is 0 Å². The van der Waals surface area contributed by atoms with Gasteiger partial charge < -0.3 is 0 Å². The van der Waals surface area contributed by atoms with Crippen LogP contribution >= 0.6 is 11.8 Å². The molecule has 0 spiro atoms. The minimum Gasteiger partial charge on any atom is -0.269 e. The van der Waals surface area contributed by atoms with Gasteiger partial charge in [0.1, 0.15) is 11.6 Å². The zero-order valence-corrected chi connectivity index (χ0v) is 15.2. The number of hydrogen-bond donors (Lipinski definition) is 1. The molecule has 0 aliphatic heterocycles. The van der Waals surface area contributed by atoms with Crippen LogP contribution in [0.3, 0.4) is 0 Å². The summed E-state index contributed by atoms with van der Waals surface area (Å²) in [5, 5.41) is 7.76. The van der Waals surface area contributed by atoms with Crippen LogP contribution in [-0.2, 0) is 12.2 Å². The van der Waals surface area contributed by atoms with E-state index in [1.54, 1.807) is 24.3 Å². The van der Waals surface area contributed by atoms with Crippen molar-refractivity contribution in [2.45, 2.75) is 56.0 Å². The molecule has 1 aliphatic carbocycles. The lowest BCUT2D eigenvalue weighted by Gasteiger charge is -2.06. The molecule has 2 aromatic heterocycles. The van der Waals surface area contributed by atoms with Crippen LogP contribution in [0.4, 0.5) is 8.78 Å². The molecule has 1 saturated carbocycles. The monoisotopic (exact) mass is 377 g/mol. The number of imidazole rings is 1. The normalized spacial score (nSPS) is 15.5. The molecule has 3 aromatic rings. The first-order chi connectivity index (χ1) is 12.7. The molecular weight excluding hydrogens is 356 g/mol. The van der Waals surface area contributed by atoms with E-state index < -0.39 is 6.55 Å². The van der Waals surface area contributed by atoms with Gasteiger partial charge in [0.05, 0.1) is 16.8 Å². The Morgan fingerprint density at radius 1 is 1.19 bits per heavy atom. The van der Waals surface area contributed by atoms with Gasteiger partial charge in [0, 0.05) is 6.42 Å². The number of aromatic amines is 1. The summed E-state index contributed by atoms with van der Waals surface area (Å²) in [7, 11) is 0. The van der Waals surface area contributed by atoms with Crippen LogP contribution in [0.1, 0.15) is 50.3 Å². The van der Waals surface area contributed by atoms with E-state index in [4.69, 9.17) is 0 Å². The van der Waals surface area contributed by atoms with E-state index in [0.29, 0.717) is 27.8 Å². The zero-order valence-electron chi connectivity index (χ0n) is 14.4. The fourth-order valence-corrected chi connectivity index (χ4v) is 4.38. The highest BCUT2D eigenvalue weighted by Gasteiger charge is 2.19. The van der Waals surface area contributed by atoms with Gasteiger partial charge in [0.15, 0.2) is 0 Å². The van der Waals surface area contributed by atoms with Gasteiger partial charge in [-0.25, -0.2) is 9.97 Å². The first-order valence-electron chi connectivity index (χ1n) is 8.99. The fraction of sp³-hybridized carbons (Fsp3) is 0.500. The van der Waals surface area contributed by atoms with Crippen LogP contribution in [0.2, 0.25) is 0 Å². The summed E-state index contributed by atoms with van der Waals surface area (Å²) < 4.78 is 27.9. The number of alkyl halides is 2. The van der Waals surface area contributed by atoms with E-state index in [9.17, 15) is 8.78 Å². The van der Waals surface area contributed by atoms with Gasteiger partial charge in [0.2, 0.25) is 5.16 Å². The average molecular weight is 377 g/mol. The highest BCUT2D eigenvalue weighted by molar-refractivity contribution is 7.98. The standard InChI is InChI=1S/C18H21F2N5S/c19-17(20)25-14-8-4-3-7-13(14)21-16(25)11-26-18-22-15(23-24-18)10-9-12-5-1-2-6-12/h3-4,7-8,12,17H,1-2,5-6,9-11H2,(H,22,23,24). The zero-order chi connectivity index (χ0) is 17.9. The Morgan fingerprint density at radius 3 is 2.81 bits per heavy atom. The second kappa shape index (κ2) is 7.73. The van der Waals surface area contributed by atoms with Crippen molar-refractivity contribution >= 4 is 22.8 Å². The summed E-state index contributed by atoms with van der Waals surface area (Å²) >= 11 is 1.33. The van der Waals surface area contributed by atoms with E-state index in [0.717, 1.165) is 29.2 Å². The third kappa shape index (κ3) is 3.75. The molecule has 4 rings (SSSR count).